The molecule has 2 N–H and O–H groups in total. The smallest absolute Gasteiger partial charge is 0.272 e. The lowest BCUT2D eigenvalue weighted by molar-refractivity contribution is -0.122. The maximum absolute atomic E-state index is 13.5. The number of aryl methyl sites for hydroxylation is 1. The Morgan fingerprint density at radius 3 is 2.80 bits per heavy atom. The topological polar surface area (TPSA) is 93.1 Å². The second-order valence-corrected chi connectivity index (χ2v) is 6.01. The number of aromatic nitrogens is 2. The molecule has 0 aliphatic rings. The fraction of sp³-hybridized carbons (Fsp3) is 0.125. The van der Waals surface area contributed by atoms with Gasteiger partial charge in [0.2, 0.25) is 5.91 Å². The molecule has 128 valence electrons. The van der Waals surface area contributed by atoms with Crippen molar-refractivity contribution in [2.75, 3.05) is 0 Å². The number of hydrazine groups is 1. The number of carbonyl (C=O) groups excluding carboxylic acids is 2. The SMILES string of the molecule is O=C(CCn1cnc2sccc2c1=O)NNC(=O)c1ccccc1F. The number of thiophene rings is 1. The third kappa shape index (κ3) is 3.72. The van der Waals surface area contributed by atoms with Gasteiger partial charge in [-0.2, -0.15) is 0 Å². The van der Waals surface area contributed by atoms with Crippen molar-refractivity contribution in [1.29, 1.82) is 0 Å². The second-order valence-electron chi connectivity index (χ2n) is 5.11. The molecule has 0 saturated heterocycles. The molecule has 2 amide bonds. The summed E-state index contributed by atoms with van der Waals surface area (Å²) in [6, 6.07) is 7.11. The molecule has 0 spiro atoms. The van der Waals surface area contributed by atoms with Gasteiger partial charge in [-0.25, -0.2) is 9.37 Å². The first-order valence-corrected chi connectivity index (χ1v) is 8.20. The van der Waals surface area contributed by atoms with Crippen LogP contribution in [0.15, 0.2) is 46.8 Å². The van der Waals surface area contributed by atoms with Gasteiger partial charge >= 0.3 is 0 Å². The third-order valence-electron chi connectivity index (χ3n) is 3.46. The Morgan fingerprint density at radius 2 is 2.00 bits per heavy atom. The van der Waals surface area contributed by atoms with Gasteiger partial charge in [0, 0.05) is 13.0 Å². The van der Waals surface area contributed by atoms with Crippen molar-refractivity contribution in [3.8, 4) is 0 Å². The van der Waals surface area contributed by atoms with E-state index in [1.165, 1.54) is 40.4 Å². The van der Waals surface area contributed by atoms with E-state index in [2.05, 4.69) is 15.8 Å². The monoisotopic (exact) mass is 360 g/mol. The van der Waals surface area contributed by atoms with Crippen LogP contribution in [0.25, 0.3) is 10.2 Å². The molecule has 1 aromatic carbocycles. The Balaban J connectivity index is 1.56. The largest absolute Gasteiger partial charge is 0.298 e. The summed E-state index contributed by atoms with van der Waals surface area (Å²) in [4.78, 5) is 40.6. The first-order chi connectivity index (χ1) is 12.1. The van der Waals surface area contributed by atoms with E-state index in [0.29, 0.717) is 10.2 Å². The number of amides is 2. The number of carbonyl (C=O) groups is 2. The zero-order chi connectivity index (χ0) is 17.8. The summed E-state index contributed by atoms with van der Waals surface area (Å²) in [5.41, 5.74) is 3.93. The number of halogens is 1. The van der Waals surface area contributed by atoms with E-state index in [1.807, 2.05) is 0 Å². The molecule has 2 aromatic heterocycles. The van der Waals surface area contributed by atoms with Crippen LogP contribution in [-0.2, 0) is 11.3 Å². The molecule has 25 heavy (non-hydrogen) atoms. The number of nitrogens with one attached hydrogen (secondary N) is 2. The summed E-state index contributed by atoms with van der Waals surface area (Å²) in [5.74, 6) is -1.96. The zero-order valence-electron chi connectivity index (χ0n) is 12.9. The average molecular weight is 360 g/mol. The van der Waals surface area contributed by atoms with Crippen LogP contribution in [-0.4, -0.2) is 21.4 Å². The molecule has 0 saturated carbocycles. The molecule has 7 nitrogen and oxygen atoms in total. The van der Waals surface area contributed by atoms with Crippen LogP contribution >= 0.6 is 11.3 Å². The fourth-order valence-corrected chi connectivity index (χ4v) is 2.90. The highest BCUT2D eigenvalue weighted by atomic mass is 32.1. The highest BCUT2D eigenvalue weighted by Crippen LogP contribution is 2.13. The van der Waals surface area contributed by atoms with E-state index >= 15 is 0 Å². The van der Waals surface area contributed by atoms with E-state index in [-0.39, 0.29) is 24.1 Å². The minimum atomic E-state index is -0.759. The third-order valence-corrected chi connectivity index (χ3v) is 4.28. The van der Waals surface area contributed by atoms with Crippen LogP contribution < -0.4 is 16.4 Å². The van der Waals surface area contributed by atoms with E-state index in [0.717, 1.165) is 6.07 Å². The average Bonchev–Trinajstić information content (AvgIpc) is 3.09. The minimum Gasteiger partial charge on any atom is -0.298 e. The van der Waals surface area contributed by atoms with Crippen LogP contribution in [0.4, 0.5) is 4.39 Å². The van der Waals surface area contributed by atoms with Crippen molar-refractivity contribution >= 4 is 33.4 Å². The summed E-state index contributed by atoms with van der Waals surface area (Å²) in [5, 5.41) is 2.27. The molecule has 3 rings (SSSR count). The van der Waals surface area contributed by atoms with Crippen molar-refractivity contribution in [3.63, 3.8) is 0 Å². The first kappa shape index (κ1) is 16.8. The van der Waals surface area contributed by atoms with Crippen LogP contribution in [0.1, 0.15) is 16.8 Å². The Labute approximate surface area is 145 Å². The second kappa shape index (κ2) is 7.22. The number of fused-ring (bicyclic) bond motifs is 1. The fourth-order valence-electron chi connectivity index (χ4n) is 2.18. The van der Waals surface area contributed by atoms with Gasteiger partial charge in [0.15, 0.2) is 0 Å². The summed E-state index contributed by atoms with van der Waals surface area (Å²) in [6.45, 7) is 0.110. The van der Waals surface area contributed by atoms with Gasteiger partial charge in [-0.1, -0.05) is 12.1 Å². The molecule has 0 bridgehead atoms. The van der Waals surface area contributed by atoms with Crippen molar-refractivity contribution in [2.45, 2.75) is 13.0 Å². The molecule has 0 aliphatic carbocycles. The predicted octanol–water partition coefficient (Wildman–Crippen LogP) is 1.45. The van der Waals surface area contributed by atoms with Crippen LogP contribution in [0, 0.1) is 5.82 Å². The predicted molar refractivity (Wildman–Crippen MR) is 90.5 cm³/mol. The highest BCUT2D eigenvalue weighted by Gasteiger charge is 2.12. The molecular weight excluding hydrogens is 347 g/mol. The summed E-state index contributed by atoms with van der Waals surface area (Å²) in [6.07, 6.45) is 1.33. The van der Waals surface area contributed by atoms with Gasteiger partial charge in [-0.15, -0.1) is 11.3 Å². The molecule has 0 unspecified atom stereocenters. The standard InChI is InChI=1S/C16H13FN4O3S/c17-12-4-2-1-3-10(12)14(23)20-19-13(22)5-7-21-9-18-15-11(16(21)24)6-8-25-15/h1-4,6,8-9H,5,7H2,(H,19,22)(H,20,23). The Bertz CT molecular complexity index is 998. The number of hydrogen-bond acceptors (Lipinski definition) is 5. The lowest BCUT2D eigenvalue weighted by atomic mass is 10.2. The van der Waals surface area contributed by atoms with Crippen molar-refractivity contribution < 1.29 is 14.0 Å². The number of benzene rings is 1. The van der Waals surface area contributed by atoms with Crippen molar-refractivity contribution in [3.05, 3.63) is 63.8 Å². The number of rotatable bonds is 4. The maximum Gasteiger partial charge on any atom is 0.272 e. The van der Waals surface area contributed by atoms with Gasteiger partial charge < -0.3 is 0 Å². The van der Waals surface area contributed by atoms with Crippen molar-refractivity contribution in [2.24, 2.45) is 0 Å². The normalized spacial score (nSPS) is 10.6. The first-order valence-electron chi connectivity index (χ1n) is 7.32. The molecule has 0 aliphatic heterocycles. The molecule has 0 atom stereocenters. The maximum atomic E-state index is 13.5. The van der Waals surface area contributed by atoms with Crippen LogP contribution in [0.5, 0.6) is 0 Å². The quantitative estimate of drug-likeness (QED) is 0.689. The lowest BCUT2D eigenvalue weighted by Gasteiger charge is -2.09. The van der Waals surface area contributed by atoms with Crippen molar-refractivity contribution in [1.82, 2.24) is 20.4 Å². The molecule has 9 heteroatoms. The minimum absolute atomic E-state index is 0.0468. The van der Waals surface area contributed by atoms with Crippen LogP contribution in [0.3, 0.4) is 0 Å². The lowest BCUT2D eigenvalue weighted by Crippen LogP contribution is -2.42. The molecular formula is C16H13FN4O3S. The van der Waals surface area contributed by atoms with Crippen LogP contribution in [0.2, 0.25) is 0 Å². The van der Waals surface area contributed by atoms with Gasteiger partial charge in [0.1, 0.15) is 10.6 Å². The summed E-state index contributed by atoms with van der Waals surface area (Å²) < 4.78 is 14.8. The number of hydrogen-bond donors (Lipinski definition) is 2. The molecule has 0 fully saturated rings. The zero-order valence-corrected chi connectivity index (χ0v) is 13.7. The van der Waals surface area contributed by atoms with Gasteiger partial charge in [0.25, 0.3) is 11.5 Å². The molecule has 0 radical (unpaired) electrons. The van der Waals surface area contributed by atoms with E-state index in [1.54, 1.807) is 11.4 Å². The molecule has 3 aromatic rings. The summed E-state index contributed by atoms with van der Waals surface area (Å²) in [7, 11) is 0. The van der Waals surface area contributed by atoms with Gasteiger partial charge in [-0.05, 0) is 23.6 Å². The summed E-state index contributed by atoms with van der Waals surface area (Å²) >= 11 is 1.36. The Hall–Kier alpha value is -3.07. The van der Waals surface area contributed by atoms with Gasteiger partial charge in [-0.3, -0.25) is 29.8 Å². The Kier molecular flexibility index (Phi) is 4.85. The van der Waals surface area contributed by atoms with E-state index in [4.69, 9.17) is 0 Å². The van der Waals surface area contributed by atoms with E-state index < -0.39 is 17.6 Å². The number of nitrogens with zero attached hydrogens (tertiary/aromatic N) is 2. The Morgan fingerprint density at radius 1 is 1.20 bits per heavy atom. The molecule has 2 heterocycles. The van der Waals surface area contributed by atoms with E-state index in [9.17, 15) is 18.8 Å². The van der Waals surface area contributed by atoms with Gasteiger partial charge in [0.05, 0.1) is 17.3 Å². The highest BCUT2D eigenvalue weighted by molar-refractivity contribution is 7.16.